The summed E-state index contributed by atoms with van der Waals surface area (Å²) in [7, 11) is 1.62. The van der Waals surface area contributed by atoms with Crippen molar-refractivity contribution in [2.45, 2.75) is 51.6 Å². The Bertz CT molecular complexity index is 794. The molecule has 6 heteroatoms. The maximum Gasteiger partial charge on any atom is 0.264 e. The molecule has 1 aromatic carbocycles. The molecule has 1 heterocycles. The zero-order valence-corrected chi connectivity index (χ0v) is 17.4. The van der Waals surface area contributed by atoms with Gasteiger partial charge in [-0.2, -0.15) is 0 Å². The molecule has 5 nitrogen and oxygen atoms in total. The van der Waals surface area contributed by atoms with E-state index in [0.29, 0.717) is 11.4 Å². The fraction of sp³-hybridized carbons (Fsp3) is 0.455. The molecule has 28 heavy (non-hydrogen) atoms. The lowest BCUT2D eigenvalue weighted by molar-refractivity contribution is -0.122. The second-order valence-corrected chi connectivity index (χ2v) is 8.61. The number of thiophene rings is 1. The number of hydrogen-bond donors (Lipinski definition) is 1. The maximum absolute atomic E-state index is 13.0. The van der Waals surface area contributed by atoms with E-state index in [1.54, 1.807) is 12.0 Å². The maximum atomic E-state index is 13.0. The van der Waals surface area contributed by atoms with Crippen LogP contribution in [0.25, 0.3) is 0 Å². The van der Waals surface area contributed by atoms with E-state index in [0.717, 1.165) is 41.9 Å². The topological polar surface area (TPSA) is 58.6 Å². The first-order valence-electron chi connectivity index (χ1n) is 9.83. The molecule has 2 aromatic rings. The Morgan fingerprint density at radius 2 is 1.82 bits per heavy atom. The highest BCUT2D eigenvalue weighted by Gasteiger charge is 2.22. The molecule has 0 spiro atoms. The van der Waals surface area contributed by atoms with Crippen molar-refractivity contribution in [1.82, 2.24) is 10.2 Å². The van der Waals surface area contributed by atoms with E-state index < -0.39 is 0 Å². The van der Waals surface area contributed by atoms with Gasteiger partial charge < -0.3 is 15.0 Å². The van der Waals surface area contributed by atoms with Gasteiger partial charge in [0.05, 0.1) is 12.0 Å². The number of ether oxygens (including phenoxy) is 1. The number of carbonyl (C=O) groups excluding carboxylic acids is 2. The largest absolute Gasteiger partial charge is 0.497 e. The molecule has 3 rings (SSSR count). The van der Waals surface area contributed by atoms with Gasteiger partial charge in [0.1, 0.15) is 12.3 Å². The Hall–Kier alpha value is -2.34. The summed E-state index contributed by atoms with van der Waals surface area (Å²) in [6, 6.07) is 11.6. The van der Waals surface area contributed by atoms with Gasteiger partial charge >= 0.3 is 0 Å². The summed E-state index contributed by atoms with van der Waals surface area (Å²) < 4.78 is 5.20. The number of rotatable bonds is 7. The van der Waals surface area contributed by atoms with Crippen molar-refractivity contribution in [3.8, 4) is 5.75 Å². The van der Waals surface area contributed by atoms with Crippen molar-refractivity contribution in [2.75, 3.05) is 13.7 Å². The van der Waals surface area contributed by atoms with Gasteiger partial charge in [-0.1, -0.05) is 31.4 Å². The Morgan fingerprint density at radius 3 is 2.43 bits per heavy atom. The molecule has 0 saturated heterocycles. The Morgan fingerprint density at radius 1 is 1.11 bits per heavy atom. The number of nitrogens with zero attached hydrogens (tertiary/aromatic N) is 1. The van der Waals surface area contributed by atoms with Gasteiger partial charge in [0.2, 0.25) is 5.91 Å². The normalized spacial score (nSPS) is 14.5. The number of aryl methyl sites for hydroxylation is 1. The van der Waals surface area contributed by atoms with Crippen molar-refractivity contribution in [2.24, 2.45) is 0 Å². The van der Waals surface area contributed by atoms with Crippen molar-refractivity contribution >= 4 is 23.2 Å². The van der Waals surface area contributed by atoms with Crippen LogP contribution in [0.5, 0.6) is 5.75 Å². The molecule has 2 amide bonds. The predicted molar refractivity (Wildman–Crippen MR) is 112 cm³/mol. The molecule has 0 unspecified atom stereocenters. The number of methoxy groups -OCH3 is 1. The lowest BCUT2D eigenvalue weighted by atomic mass is 9.95. The van der Waals surface area contributed by atoms with Crippen LogP contribution < -0.4 is 10.1 Å². The van der Waals surface area contributed by atoms with Gasteiger partial charge in [-0.25, -0.2) is 0 Å². The predicted octanol–water partition coefficient (Wildman–Crippen LogP) is 4.16. The summed E-state index contributed by atoms with van der Waals surface area (Å²) >= 11 is 1.46. The molecular weight excluding hydrogens is 372 g/mol. The fourth-order valence-corrected chi connectivity index (χ4v) is 4.39. The molecule has 0 radical (unpaired) electrons. The summed E-state index contributed by atoms with van der Waals surface area (Å²) in [5.41, 5.74) is 0.966. The molecule has 1 N–H and O–H groups in total. The molecule has 1 aromatic heterocycles. The minimum absolute atomic E-state index is 0.0678. The SMILES string of the molecule is COc1ccc(CN(CC(=O)NC2CCCCC2)C(=O)c2ccc(C)s2)cc1. The first-order chi connectivity index (χ1) is 13.5. The van der Waals surface area contributed by atoms with Crippen LogP contribution in [0.1, 0.15) is 52.2 Å². The third kappa shape index (κ3) is 5.58. The second kappa shape index (κ2) is 9.73. The molecule has 1 saturated carbocycles. The monoisotopic (exact) mass is 400 g/mol. The zero-order valence-electron chi connectivity index (χ0n) is 16.6. The van der Waals surface area contributed by atoms with E-state index in [2.05, 4.69) is 5.32 Å². The Balaban J connectivity index is 1.70. The number of benzene rings is 1. The van der Waals surface area contributed by atoms with Crippen molar-refractivity contribution in [3.05, 3.63) is 51.7 Å². The average Bonchev–Trinajstić information content (AvgIpc) is 3.14. The third-order valence-electron chi connectivity index (χ3n) is 5.08. The number of amides is 2. The fourth-order valence-electron chi connectivity index (χ4n) is 3.55. The van der Waals surface area contributed by atoms with Gasteiger partial charge in [-0.3, -0.25) is 9.59 Å². The van der Waals surface area contributed by atoms with E-state index >= 15 is 0 Å². The van der Waals surface area contributed by atoms with Crippen molar-refractivity contribution in [3.63, 3.8) is 0 Å². The molecule has 0 atom stereocenters. The van der Waals surface area contributed by atoms with Gasteiger partial charge in [-0.05, 0) is 49.6 Å². The first kappa shape index (κ1) is 20.4. The van der Waals surface area contributed by atoms with Gasteiger partial charge in [0.15, 0.2) is 0 Å². The first-order valence-corrected chi connectivity index (χ1v) is 10.6. The molecule has 0 bridgehead atoms. The summed E-state index contributed by atoms with van der Waals surface area (Å²) in [6.45, 7) is 2.43. The third-order valence-corrected chi connectivity index (χ3v) is 6.06. The zero-order chi connectivity index (χ0) is 19.9. The van der Waals surface area contributed by atoms with E-state index in [1.165, 1.54) is 17.8 Å². The van der Waals surface area contributed by atoms with E-state index in [9.17, 15) is 9.59 Å². The second-order valence-electron chi connectivity index (χ2n) is 7.32. The number of nitrogens with one attached hydrogen (secondary N) is 1. The van der Waals surface area contributed by atoms with Gasteiger partial charge in [-0.15, -0.1) is 11.3 Å². The van der Waals surface area contributed by atoms with Crippen LogP contribution >= 0.6 is 11.3 Å². The summed E-state index contributed by atoms with van der Waals surface area (Å²) in [4.78, 5) is 29.1. The van der Waals surface area contributed by atoms with Gasteiger partial charge in [0, 0.05) is 17.5 Å². The summed E-state index contributed by atoms with van der Waals surface area (Å²) in [6.07, 6.45) is 5.62. The van der Waals surface area contributed by atoms with Crippen LogP contribution in [0.15, 0.2) is 36.4 Å². The van der Waals surface area contributed by atoms with Gasteiger partial charge in [0.25, 0.3) is 5.91 Å². The minimum Gasteiger partial charge on any atom is -0.497 e. The van der Waals surface area contributed by atoms with E-state index in [1.807, 2.05) is 43.3 Å². The highest BCUT2D eigenvalue weighted by atomic mass is 32.1. The summed E-state index contributed by atoms with van der Waals surface area (Å²) in [5.74, 6) is 0.584. The van der Waals surface area contributed by atoms with E-state index in [4.69, 9.17) is 4.74 Å². The van der Waals surface area contributed by atoms with Crippen LogP contribution in [-0.4, -0.2) is 36.4 Å². The van der Waals surface area contributed by atoms with Crippen LogP contribution in [0.3, 0.4) is 0 Å². The van der Waals surface area contributed by atoms with Crippen LogP contribution in [0, 0.1) is 6.92 Å². The Kier molecular flexibility index (Phi) is 7.09. The summed E-state index contributed by atoms with van der Waals surface area (Å²) in [5, 5.41) is 3.12. The highest BCUT2D eigenvalue weighted by Crippen LogP contribution is 2.20. The standard InChI is InChI=1S/C22H28N2O3S/c1-16-8-13-20(28-16)22(26)24(14-17-9-11-19(27-2)12-10-17)15-21(25)23-18-6-4-3-5-7-18/h8-13,18H,3-7,14-15H2,1-2H3,(H,23,25). The van der Waals surface area contributed by atoms with Crippen LogP contribution in [-0.2, 0) is 11.3 Å². The van der Waals surface area contributed by atoms with Crippen LogP contribution in [0.2, 0.25) is 0 Å². The van der Waals surface area contributed by atoms with Crippen LogP contribution in [0.4, 0.5) is 0 Å². The quantitative estimate of drug-likeness (QED) is 0.759. The minimum atomic E-state index is -0.104. The molecule has 1 aliphatic carbocycles. The van der Waals surface area contributed by atoms with Crippen molar-refractivity contribution in [1.29, 1.82) is 0 Å². The number of hydrogen-bond acceptors (Lipinski definition) is 4. The molecule has 1 fully saturated rings. The average molecular weight is 401 g/mol. The molecule has 0 aliphatic heterocycles. The Labute approximate surface area is 170 Å². The van der Waals surface area contributed by atoms with E-state index in [-0.39, 0.29) is 24.4 Å². The smallest absolute Gasteiger partial charge is 0.264 e. The lowest BCUT2D eigenvalue weighted by Crippen LogP contribution is -2.44. The molecule has 1 aliphatic rings. The lowest BCUT2D eigenvalue weighted by Gasteiger charge is -2.26. The number of carbonyl (C=O) groups is 2. The highest BCUT2D eigenvalue weighted by molar-refractivity contribution is 7.13. The molecule has 150 valence electrons. The molecular formula is C22H28N2O3S. The van der Waals surface area contributed by atoms with Crippen molar-refractivity contribution < 1.29 is 14.3 Å².